The van der Waals surface area contributed by atoms with Crippen molar-refractivity contribution in [1.82, 2.24) is 15.2 Å². The summed E-state index contributed by atoms with van der Waals surface area (Å²) in [7, 11) is -2.84. The zero-order chi connectivity index (χ0) is 17.9. The van der Waals surface area contributed by atoms with Gasteiger partial charge in [0, 0.05) is 23.9 Å². The normalized spacial score (nSPS) is 24.4. The Bertz CT molecular complexity index is 696. The molecule has 3 heterocycles. The van der Waals surface area contributed by atoms with Crippen molar-refractivity contribution in [2.24, 2.45) is 5.92 Å². The Labute approximate surface area is 152 Å². The van der Waals surface area contributed by atoms with E-state index in [0.29, 0.717) is 17.4 Å². The van der Waals surface area contributed by atoms with Crippen LogP contribution in [-0.2, 0) is 21.1 Å². The van der Waals surface area contributed by atoms with Gasteiger partial charge in [-0.2, -0.15) is 0 Å². The van der Waals surface area contributed by atoms with Crippen molar-refractivity contribution < 1.29 is 13.2 Å². The van der Waals surface area contributed by atoms with Crippen LogP contribution in [0.1, 0.15) is 31.4 Å². The molecule has 1 aromatic rings. The molecule has 0 aliphatic carbocycles. The van der Waals surface area contributed by atoms with Gasteiger partial charge in [0.1, 0.15) is 0 Å². The van der Waals surface area contributed by atoms with Crippen LogP contribution < -0.4 is 11.1 Å². The molecule has 3 N–H and O–H groups in total. The minimum atomic E-state index is -2.84. The second kappa shape index (κ2) is 8.01. The standard InChI is InChI=1S/C16H26N4O3S2/c17-16-19-13(10-24-16)2-1-6-18-15(21)12-3-7-20(8-4-12)14-5-9-25(22,23)11-14/h10,12,14H,1-9,11H2,(H2,17,19)(H,18,21)/t14-/m0/s1. The third kappa shape index (κ3) is 5.15. The van der Waals surface area contributed by atoms with Crippen molar-refractivity contribution in [2.75, 3.05) is 36.9 Å². The molecule has 2 aliphatic heterocycles. The molecule has 1 aromatic heterocycles. The maximum absolute atomic E-state index is 12.3. The van der Waals surface area contributed by atoms with E-state index in [1.165, 1.54) is 11.3 Å². The van der Waals surface area contributed by atoms with Gasteiger partial charge in [0.15, 0.2) is 15.0 Å². The molecule has 2 fully saturated rings. The number of nitrogens with one attached hydrogen (secondary N) is 1. The lowest BCUT2D eigenvalue weighted by Gasteiger charge is -2.34. The van der Waals surface area contributed by atoms with Crippen LogP contribution in [0.25, 0.3) is 0 Å². The Hall–Kier alpha value is -1.19. The third-order valence-electron chi connectivity index (χ3n) is 5.10. The van der Waals surface area contributed by atoms with E-state index < -0.39 is 9.84 Å². The minimum Gasteiger partial charge on any atom is -0.375 e. The van der Waals surface area contributed by atoms with Gasteiger partial charge in [0.25, 0.3) is 0 Å². The Morgan fingerprint density at radius 2 is 2.12 bits per heavy atom. The first kappa shape index (κ1) is 18.6. The number of aromatic nitrogens is 1. The SMILES string of the molecule is Nc1nc(CCCNC(=O)C2CCN([C@H]3CCS(=O)(=O)C3)CC2)cs1. The van der Waals surface area contributed by atoms with Crippen LogP contribution in [0.5, 0.6) is 0 Å². The number of rotatable bonds is 6. The topological polar surface area (TPSA) is 105 Å². The fraction of sp³-hybridized carbons (Fsp3) is 0.750. The van der Waals surface area contributed by atoms with Gasteiger partial charge < -0.3 is 11.1 Å². The molecule has 1 atom stereocenters. The molecular formula is C16H26N4O3S2. The smallest absolute Gasteiger partial charge is 0.223 e. The Kier molecular flexibility index (Phi) is 5.96. The molecule has 1 amide bonds. The molecule has 2 aliphatic rings. The number of nitrogens with zero attached hydrogens (tertiary/aromatic N) is 2. The van der Waals surface area contributed by atoms with E-state index in [1.807, 2.05) is 5.38 Å². The van der Waals surface area contributed by atoms with Gasteiger partial charge in [0.05, 0.1) is 17.2 Å². The van der Waals surface area contributed by atoms with Crippen molar-refractivity contribution in [3.63, 3.8) is 0 Å². The first-order valence-corrected chi connectivity index (χ1v) is 11.5. The molecule has 0 bridgehead atoms. The van der Waals surface area contributed by atoms with E-state index in [1.54, 1.807) is 0 Å². The lowest BCUT2D eigenvalue weighted by atomic mass is 9.94. The van der Waals surface area contributed by atoms with E-state index in [-0.39, 0.29) is 23.6 Å². The number of likely N-dealkylation sites (tertiary alicyclic amines) is 1. The van der Waals surface area contributed by atoms with Gasteiger partial charge in [-0.25, -0.2) is 13.4 Å². The van der Waals surface area contributed by atoms with E-state index in [4.69, 9.17) is 5.73 Å². The summed E-state index contributed by atoms with van der Waals surface area (Å²) in [4.78, 5) is 18.7. The summed E-state index contributed by atoms with van der Waals surface area (Å²) in [6.07, 6.45) is 4.03. The fourth-order valence-corrected chi connectivity index (χ4v) is 6.01. The van der Waals surface area contributed by atoms with Crippen molar-refractivity contribution in [2.45, 2.75) is 38.1 Å². The highest BCUT2D eigenvalue weighted by atomic mass is 32.2. The van der Waals surface area contributed by atoms with Crippen LogP contribution in [0.2, 0.25) is 0 Å². The monoisotopic (exact) mass is 386 g/mol. The average molecular weight is 387 g/mol. The van der Waals surface area contributed by atoms with Crippen molar-refractivity contribution in [3.8, 4) is 0 Å². The summed E-state index contributed by atoms with van der Waals surface area (Å²) in [6, 6.07) is 0.152. The molecule has 0 saturated carbocycles. The Balaban J connectivity index is 1.34. The first-order chi connectivity index (χ1) is 11.9. The minimum absolute atomic E-state index is 0.0455. The highest BCUT2D eigenvalue weighted by Crippen LogP contribution is 2.24. The first-order valence-electron chi connectivity index (χ1n) is 8.85. The Morgan fingerprint density at radius 3 is 2.72 bits per heavy atom. The van der Waals surface area contributed by atoms with E-state index in [2.05, 4.69) is 15.2 Å². The van der Waals surface area contributed by atoms with Crippen LogP contribution in [0, 0.1) is 5.92 Å². The molecule has 0 unspecified atom stereocenters. The predicted octanol–water partition coefficient (Wildman–Crippen LogP) is 0.673. The van der Waals surface area contributed by atoms with Gasteiger partial charge in [-0.15, -0.1) is 11.3 Å². The molecule has 0 spiro atoms. The molecule has 3 rings (SSSR count). The number of nitrogens with two attached hydrogens (primary N) is 1. The number of hydrogen-bond donors (Lipinski definition) is 2. The van der Waals surface area contributed by atoms with Crippen molar-refractivity contribution in [3.05, 3.63) is 11.1 Å². The van der Waals surface area contributed by atoms with E-state index >= 15 is 0 Å². The van der Waals surface area contributed by atoms with Gasteiger partial charge in [-0.05, 0) is 45.2 Å². The van der Waals surface area contributed by atoms with Crippen LogP contribution in [0.3, 0.4) is 0 Å². The number of thiazole rings is 1. The number of amides is 1. The van der Waals surface area contributed by atoms with E-state index in [0.717, 1.165) is 50.9 Å². The molecule has 9 heteroatoms. The zero-order valence-corrected chi connectivity index (χ0v) is 15.9. The number of aryl methyl sites for hydroxylation is 1. The summed E-state index contributed by atoms with van der Waals surface area (Å²) >= 11 is 1.44. The zero-order valence-electron chi connectivity index (χ0n) is 14.3. The molecule has 0 aromatic carbocycles. The predicted molar refractivity (Wildman–Crippen MR) is 99.2 cm³/mol. The number of sulfone groups is 1. The number of carbonyl (C=O) groups excluding carboxylic acids is 1. The summed E-state index contributed by atoms with van der Waals surface area (Å²) < 4.78 is 23.2. The number of hydrogen-bond acceptors (Lipinski definition) is 7. The van der Waals surface area contributed by atoms with Gasteiger partial charge >= 0.3 is 0 Å². The number of nitrogen functional groups attached to an aromatic ring is 1. The van der Waals surface area contributed by atoms with Crippen molar-refractivity contribution in [1.29, 1.82) is 0 Å². The number of piperidine rings is 1. The highest BCUT2D eigenvalue weighted by Gasteiger charge is 2.35. The van der Waals surface area contributed by atoms with Gasteiger partial charge in [-0.3, -0.25) is 9.69 Å². The summed E-state index contributed by atoms with van der Waals surface area (Å²) in [6.45, 7) is 2.28. The molecule has 7 nitrogen and oxygen atoms in total. The molecular weight excluding hydrogens is 360 g/mol. The molecule has 25 heavy (non-hydrogen) atoms. The van der Waals surface area contributed by atoms with Gasteiger partial charge in [0.2, 0.25) is 5.91 Å². The number of carbonyl (C=O) groups is 1. The van der Waals surface area contributed by atoms with Gasteiger partial charge in [-0.1, -0.05) is 0 Å². The van der Waals surface area contributed by atoms with Crippen LogP contribution in [0.15, 0.2) is 5.38 Å². The fourth-order valence-electron chi connectivity index (χ4n) is 3.65. The summed E-state index contributed by atoms with van der Waals surface area (Å²) in [5.41, 5.74) is 6.58. The van der Waals surface area contributed by atoms with Crippen LogP contribution in [0.4, 0.5) is 5.13 Å². The van der Waals surface area contributed by atoms with Crippen molar-refractivity contribution >= 4 is 32.2 Å². The second-order valence-corrected chi connectivity index (χ2v) is 10.1. The molecule has 2 saturated heterocycles. The third-order valence-corrected chi connectivity index (χ3v) is 7.58. The largest absolute Gasteiger partial charge is 0.375 e. The maximum Gasteiger partial charge on any atom is 0.223 e. The highest BCUT2D eigenvalue weighted by molar-refractivity contribution is 7.91. The lowest BCUT2D eigenvalue weighted by Crippen LogP contribution is -2.45. The Morgan fingerprint density at radius 1 is 1.36 bits per heavy atom. The van der Waals surface area contributed by atoms with Crippen LogP contribution >= 0.6 is 11.3 Å². The average Bonchev–Trinajstić information content (AvgIpc) is 3.16. The number of anilines is 1. The molecule has 140 valence electrons. The van der Waals surface area contributed by atoms with E-state index in [9.17, 15) is 13.2 Å². The molecule has 0 radical (unpaired) electrons. The summed E-state index contributed by atoms with van der Waals surface area (Å²) in [5.74, 6) is 0.758. The quantitative estimate of drug-likeness (QED) is 0.696. The maximum atomic E-state index is 12.3. The van der Waals surface area contributed by atoms with Crippen LogP contribution in [-0.4, -0.2) is 61.4 Å². The lowest BCUT2D eigenvalue weighted by molar-refractivity contribution is -0.126. The second-order valence-electron chi connectivity index (χ2n) is 6.94. The summed E-state index contributed by atoms with van der Waals surface area (Å²) in [5, 5.41) is 5.56.